The molecule has 18 heavy (non-hydrogen) atoms. The average Bonchev–Trinajstić information content (AvgIpc) is 2.34. The number of ether oxygens (including phenoxy) is 1. The summed E-state index contributed by atoms with van der Waals surface area (Å²) in [5.41, 5.74) is 0.585. The Labute approximate surface area is 113 Å². The van der Waals surface area contributed by atoms with Crippen molar-refractivity contribution in [3.63, 3.8) is 0 Å². The second-order valence-electron chi connectivity index (χ2n) is 4.14. The molecule has 0 aromatic heterocycles. The third-order valence-corrected chi connectivity index (χ3v) is 3.17. The standard InChI is InChI=1S/C14H21ClFNO/c1-3-17-11(8-9-18-4-2)10-12-13(15)6-5-7-14(12)16/h5-7,11,17H,3-4,8-10H2,1-2H3. The van der Waals surface area contributed by atoms with Gasteiger partial charge in [-0.1, -0.05) is 24.6 Å². The van der Waals surface area contributed by atoms with Gasteiger partial charge >= 0.3 is 0 Å². The monoisotopic (exact) mass is 273 g/mol. The van der Waals surface area contributed by atoms with Crippen LogP contribution in [0.25, 0.3) is 0 Å². The first-order chi connectivity index (χ1) is 8.69. The van der Waals surface area contributed by atoms with E-state index in [2.05, 4.69) is 5.32 Å². The lowest BCUT2D eigenvalue weighted by atomic mass is 10.0. The number of hydrogen-bond donors (Lipinski definition) is 1. The van der Waals surface area contributed by atoms with E-state index in [9.17, 15) is 4.39 Å². The van der Waals surface area contributed by atoms with E-state index in [1.165, 1.54) is 6.07 Å². The molecule has 0 saturated carbocycles. The lowest BCUT2D eigenvalue weighted by molar-refractivity contribution is 0.136. The molecule has 0 aliphatic carbocycles. The minimum absolute atomic E-state index is 0.191. The minimum Gasteiger partial charge on any atom is -0.382 e. The highest BCUT2D eigenvalue weighted by Crippen LogP contribution is 2.21. The average molecular weight is 274 g/mol. The zero-order valence-electron chi connectivity index (χ0n) is 11.0. The van der Waals surface area contributed by atoms with Crippen molar-refractivity contribution >= 4 is 11.6 Å². The summed E-state index contributed by atoms with van der Waals surface area (Å²) < 4.78 is 19.0. The summed E-state index contributed by atoms with van der Waals surface area (Å²) in [6.45, 7) is 6.25. The van der Waals surface area contributed by atoms with Crippen molar-refractivity contribution in [2.45, 2.75) is 32.7 Å². The fourth-order valence-corrected chi connectivity index (χ4v) is 2.15. The van der Waals surface area contributed by atoms with E-state index in [0.717, 1.165) is 13.0 Å². The first kappa shape index (κ1) is 15.4. The van der Waals surface area contributed by atoms with Gasteiger partial charge < -0.3 is 10.1 Å². The van der Waals surface area contributed by atoms with Crippen LogP contribution in [0.1, 0.15) is 25.8 Å². The Morgan fingerprint density at radius 3 is 2.78 bits per heavy atom. The number of nitrogens with one attached hydrogen (secondary N) is 1. The Kier molecular flexibility index (Phi) is 7.25. The Balaban J connectivity index is 2.64. The van der Waals surface area contributed by atoms with E-state index >= 15 is 0 Å². The molecule has 2 nitrogen and oxygen atoms in total. The molecule has 0 heterocycles. The van der Waals surface area contributed by atoms with E-state index < -0.39 is 0 Å². The number of halogens is 2. The van der Waals surface area contributed by atoms with Gasteiger partial charge in [-0.25, -0.2) is 4.39 Å². The molecule has 0 radical (unpaired) electrons. The molecule has 4 heteroatoms. The van der Waals surface area contributed by atoms with E-state index in [0.29, 0.717) is 30.2 Å². The molecule has 1 aromatic carbocycles. The van der Waals surface area contributed by atoms with Gasteiger partial charge in [-0.05, 0) is 38.4 Å². The topological polar surface area (TPSA) is 21.3 Å². The largest absolute Gasteiger partial charge is 0.382 e. The molecule has 102 valence electrons. The lowest BCUT2D eigenvalue weighted by Crippen LogP contribution is -2.32. The maximum atomic E-state index is 13.7. The van der Waals surface area contributed by atoms with Gasteiger partial charge in [-0.15, -0.1) is 0 Å². The second kappa shape index (κ2) is 8.46. The van der Waals surface area contributed by atoms with Crippen molar-refractivity contribution in [1.29, 1.82) is 0 Å². The van der Waals surface area contributed by atoms with Gasteiger partial charge in [-0.3, -0.25) is 0 Å². The Hall–Kier alpha value is -0.640. The second-order valence-corrected chi connectivity index (χ2v) is 4.55. The van der Waals surface area contributed by atoms with Gasteiger partial charge in [0.2, 0.25) is 0 Å². The molecular weight excluding hydrogens is 253 g/mol. The van der Waals surface area contributed by atoms with Crippen molar-refractivity contribution in [1.82, 2.24) is 5.32 Å². The minimum atomic E-state index is -0.234. The van der Waals surface area contributed by atoms with Gasteiger partial charge in [0, 0.05) is 29.8 Å². The van der Waals surface area contributed by atoms with Gasteiger partial charge in [0.05, 0.1) is 0 Å². The molecule has 0 aliphatic heterocycles. The van der Waals surface area contributed by atoms with Crippen LogP contribution >= 0.6 is 11.6 Å². The highest BCUT2D eigenvalue weighted by molar-refractivity contribution is 6.31. The maximum Gasteiger partial charge on any atom is 0.127 e. The fourth-order valence-electron chi connectivity index (χ4n) is 1.91. The van der Waals surface area contributed by atoms with Crippen LogP contribution in [0.4, 0.5) is 4.39 Å². The van der Waals surface area contributed by atoms with E-state index in [4.69, 9.17) is 16.3 Å². The van der Waals surface area contributed by atoms with Crippen LogP contribution in [-0.4, -0.2) is 25.8 Å². The highest BCUT2D eigenvalue weighted by atomic mass is 35.5. The summed E-state index contributed by atoms with van der Waals surface area (Å²) in [5, 5.41) is 3.83. The number of rotatable bonds is 8. The van der Waals surface area contributed by atoms with Crippen molar-refractivity contribution in [3.05, 3.63) is 34.6 Å². The summed E-state index contributed by atoms with van der Waals surface area (Å²) in [6, 6.07) is 5.00. The molecule has 1 aromatic rings. The number of likely N-dealkylation sites (N-methyl/N-ethyl adjacent to an activating group) is 1. The molecule has 0 spiro atoms. The molecule has 0 saturated heterocycles. The maximum absolute atomic E-state index is 13.7. The number of benzene rings is 1. The third-order valence-electron chi connectivity index (χ3n) is 2.82. The summed E-state index contributed by atoms with van der Waals surface area (Å²) in [7, 11) is 0. The zero-order chi connectivity index (χ0) is 13.4. The quantitative estimate of drug-likeness (QED) is 0.733. The van der Waals surface area contributed by atoms with Crippen LogP contribution in [0.5, 0.6) is 0 Å². The predicted octanol–water partition coefficient (Wildman–Crippen LogP) is 3.43. The van der Waals surface area contributed by atoms with E-state index in [1.807, 2.05) is 13.8 Å². The van der Waals surface area contributed by atoms with Gasteiger partial charge in [0.15, 0.2) is 0 Å². The molecule has 0 amide bonds. The molecule has 0 fully saturated rings. The van der Waals surface area contributed by atoms with Crippen molar-refractivity contribution in [2.75, 3.05) is 19.8 Å². The Morgan fingerprint density at radius 2 is 2.17 bits per heavy atom. The van der Waals surface area contributed by atoms with Crippen LogP contribution in [0.3, 0.4) is 0 Å². The van der Waals surface area contributed by atoms with Gasteiger partial charge in [-0.2, -0.15) is 0 Å². The Bertz CT molecular complexity index is 339. The molecule has 1 N–H and O–H groups in total. The number of hydrogen-bond acceptors (Lipinski definition) is 2. The van der Waals surface area contributed by atoms with Crippen molar-refractivity contribution in [3.8, 4) is 0 Å². The van der Waals surface area contributed by atoms with Crippen molar-refractivity contribution < 1.29 is 9.13 Å². The third kappa shape index (κ3) is 4.92. The summed E-state index contributed by atoms with van der Waals surface area (Å²) in [5.74, 6) is -0.234. The molecule has 0 aliphatic rings. The SMILES string of the molecule is CCNC(CCOCC)Cc1c(F)cccc1Cl. The lowest BCUT2D eigenvalue weighted by Gasteiger charge is -2.18. The van der Waals surface area contributed by atoms with E-state index in [-0.39, 0.29) is 11.9 Å². The van der Waals surface area contributed by atoms with Crippen LogP contribution in [0, 0.1) is 5.82 Å². The van der Waals surface area contributed by atoms with Gasteiger partial charge in [0.25, 0.3) is 0 Å². The summed E-state index contributed by atoms with van der Waals surface area (Å²) >= 11 is 6.04. The first-order valence-corrected chi connectivity index (χ1v) is 6.80. The van der Waals surface area contributed by atoms with Crippen LogP contribution in [0.15, 0.2) is 18.2 Å². The molecular formula is C14H21ClFNO. The van der Waals surface area contributed by atoms with Gasteiger partial charge in [0.1, 0.15) is 5.82 Å². The first-order valence-electron chi connectivity index (χ1n) is 6.43. The van der Waals surface area contributed by atoms with E-state index in [1.54, 1.807) is 12.1 Å². The smallest absolute Gasteiger partial charge is 0.127 e. The van der Waals surface area contributed by atoms with Crippen molar-refractivity contribution in [2.24, 2.45) is 0 Å². The van der Waals surface area contributed by atoms with Crippen LogP contribution in [0.2, 0.25) is 5.02 Å². The predicted molar refractivity (Wildman–Crippen MR) is 73.7 cm³/mol. The fraction of sp³-hybridized carbons (Fsp3) is 0.571. The summed E-state index contributed by atoms with van der Waals surface area (Å²) in [6.07, 6.45) is 1.44. The normalized spacial score (nSPS) is 12.7. The molecule has 1 rings (SSSR count). The highest BCUT2D eigenvalue weighted by Gasteiger charge is 2.14. The van der Waals surface area contributed by atoms with Crippen LogP contribution < -0.4 is 5.32 Å². The molecule has 0 bridgehead atoms. The van der Waals surface area contributed by atoms with Crippen LogP contribution in [-0.2, 0) is 11.2 Å². The summed E-state index contributed by atoms with van der Waals surface area (Å²) in [4.78, 5) is 0. The zero-order valence-corrected chi connectivity index (χ0v) is 11.8. The molecule has 1 atom stereocenters. The molecule has 1 unspecified atom stereocenters. The Morgan fingerprint density at radius 1 is 1.39 bits per heavy atom.